The van der Waals surface area contributed by atoms with E-state index in [9.17, 15) is 0 Å². The fourth-order valence-electron chi connectivity index (χ4n) is 9.28. The van der Waals surface area contributed by atoms with Gasteiger partial charge in [0.05, 0.1) is 33.1 Å². The van der Waals surface area contributed by atoms with Crippen LogP contribution in [0.3, 0.4) is 0 Å². The highest BCUT2D eigenvalue weighted by molar-refractivity contribution is 6.20. The van der Waals surface area contributed by atoms with Crippen LogP contribution in [0.4, 0.5) is 0 Å². The van der Waals surface area contributed by atoms with Gasteiger partial charge in [0.2, 0.25) is 5.95 Å². The van der Waals surface area contributed by atoms with E-state index < -0.39 is 0 Å². The first-order chi connectivity index (χ1) is 29.2. The lowest BCUT2D eigenvalue weighted by atomic mass is 10.0. The normalized spacial score (nSPS) is 12.1. The van der Waals surface area contributed by atoms with Crippen LogP contribution in [0, 0.1) is 0 Å². The first kappa shape index (κ1) is 32.0. The van der Waals surface area contributed by atoms with Crippen molar-refractivity contribution in [3.8, 4) is 34.4 Å². The maximum atomic E-state index is 6.65. The highest BCUT2D eigenvalue weighted by Crippen LogP contribution is 2.45. The minimum atomic E-state index is 0.550. The van der Waals surface area contributed by atoms with Gasteiger partial charge >= 0.3 is 0 Å². The van der Waals surface area contributed by atoms with E-state index in [1.54, 1.807) is 0 Å². The van der Waals surface area contributed by atoms with E-state index in [1.165, 1.54) is 32.3 Å². The fourth-order valence-corrected chi connectivity index (χ4v) is 9.28. The largest absolute Gasteiger partial charge is 0.456 e. The van der Waals surface area contributed by atoms with Gasteiger partial charge in [0.25, 0.3) is 0 Å². The van der Waals surface area contributed by atoms with Crippen LogP contribution in [0.2, 0.25) is 0 Å². The molecule has 0 saturated heterocycles. The highest BCUT2D eigenvalue weighted by atomic mass is 16.3. The van der Waals surface area contributed by atoms with Gasteiger partial charge in [0.1, 0.15) is 11.2 Å². The van der Waals surface area contributed by atoms with E-state index >= 15 is 0 Å². The maximum absolute atomic E-state index is 6.65. The molecule has 0 radical (unpaired) electrons. The van der Waals surface area contributed by atoms with Crippen LogP contribution in [0.1, 0.15) is 0 Å². The van der Waals surface area contributed by atoms with Crippen molar-refractivity contribution < 1.29 is 4.42 Å². The Morgan fingerprint density at radius 3 is 1.53 bits per heavy atom. The minimum Gasteiger partial charge on any atom is -0.456 e. The van der Waals surface area contributed by atoms with E-state index in [-0.39, 0.29) is 0 Å². The third-order valence-electron chi connectivity index (χ3n) is 11.9. The summed E-state index contributed by atoms with van der Waals surface area (Å²) in [5.41, 5.74) is 8.59. The van der Waals surface area contributed by atoms with E-state index in [2.05, 4.69) is 167 Å². The Morgan fingerprint density at radius 1 is 0.356 bits per heavy atom. The molecular weight excluding hydrogens is 723 g/mol. The highest BCUT2D eigenvalue weighted by Gasteiger charge is 2.25. The zero-order chi connectivity index (χ0) is 38.6. The zero-order valence-corrected chi connectivity index (χ0v) is 31.5. The van der Waals surface area contributed by atoms with Crippen molar-refractivity contribution in [2.75, 3.05) is 0 Å². The molecule has 0 amide bonds. The van der Waals surface area contributed by atoms with Crippen LogP contribution < -0.4 is 0 Å². The Kier molecular flexibility index (Phi) is 6.63. The average Bonchev–Trinajstić information content (AvgIpc) is 3.94. The number of hydrogen-bond acceptors (Lipinski definition) is 4. The first-order valence-electron chi connectivity index (χ1n) is 19.9. The molecule has 6 heteroatoms. The van der Waals surface area contributed by atoms with E-state index in [1.807, 2.05) is 30.3 Å². The number of furan rings is 1. The van der Waals surface area contributed by atoms with Crippen molar-refractivity contribution in [1.29, 1.82) is 0 Å². The molecule has 6 nitrogen and oxygen atoms in total. The van der Waals surface area contributed by atoms with Crippen molar-refractivity contribution in [2.45, 2.75) is 0 Å². The van der Waals surface area contributed by atoms with Crippen LogP contribution in [0.25, 0.3) is 122 Å². The number of para-hydroxylation sites is 3. The summed E-state index contributed by atoms with van der Waals surface area (Å²) in [5, 5.41) is 11.4. The smallest absolute Gasteiger partial charge is 0.238 e. The van der Waals surface area contributed by atoms with E-state index in [0.29, 0.717) is 17.6 Å². The van der Waals surface area contributed by atoms with Crippen molar-refractivity contribution in [1.82, 2.24) is 24.1 Å². The number of rotatable bonds is 4. The third-order valence-corrected chi connectivity index (χ3v) is 11.9. The number of aromatic nitrogens is 5. The van der Waals surface area contributed by atoms with E-state index in [4.69, 9.17) is 19.4 Å². The standard InChI is InChI=1S/C53H31N5O/c1-2-14-32(15-3-1)51-54-52(56-53(55-51)58-43-23-11-8-20-37(43)38-21-9-12-24-44(38)58)40-26-27-48-49(39-22-10-13-25-47(39)59-48)50(40)57-45-30-35-18-6-4-16-33(35)28-41(45)42-29-34-17-5-7-19-36(34)31-46(42)57/h1-31H. The predicted molar refractivity (Wildman–Crippen MR) is 242 cm³/mol. The summed E-state index contributed by atoms with van der Waals surface area (Å²) in [6, 6.07) is 66.2. The Morgan fingerprint density at radius 2 is 0.881 bits per heavy atom. The maximum Gasteiger partial charge on any atom is 0.238 e. The summed E-state index contributed by atoms with van der Waals surface area (Å²) in [4.78, 5) is 16.1. The molecule has 13 rings (SSSR count). The van der Waals surface area contributed by atoms with Gasteiger partial charge in [-0.1, -0.05) is 133 Å². The number of hydrogen-bond donors (Lipinski definition) is 0. The molecule has 4 heterocycles. The molecule has 59 heavy (non-hydrogen) atoms. The Balaban J connectivity index is 1.21. The van der Waals surface area contributed by atoms with Gasteiger partial charge in [-0.2, -0.15) is 9.97 Å². The first-order valence-corrected chi connectivity index (χ1v) is 19.9. The summed E-state index contributed by atoms with van der Waals surface area (Å²) in [6.07, 6.45) is 0. The topological polar surface area (TPSA) is 61.7 Å². The second-order valence-electron chi connectivity index (χ2n) is 15.2. The SMILES string of the molecule is c1ccc(-c2nc(-c3ccc4oc5ccccc5c4c3-n3c4cc5ccccc5cc4c4cc5ccccc5cc43)nc(-n3c4ccccc4c4ccccc43)n2)cc1. The van der Waals surface area contributed by atoms with Crippen LogP contribution >= 0.6 is 0 Å². The van der Waals surface area contributed by atoms with Crippen LogP contribution in [0.5, 0.6) is 0 Å². The second-order valence-corrected chi connectivity index (χ2v) is 15.2. The lowest BCUT2D eigenvalue weighted by Crippen LogP contribution is -2.08. The van der Waals surface area contributed by atoms with Gasteiger partial charge in [-0.25, -0.2) is 4.98 Å². The van der Waals surface area contributed by atoms with Gasteiger partial charge in [-0.05, 0) is 76.1 Å². The molecule has 0 spiro atoms. The number of nitrogens with zero attached hydrogens (tertiary/aromatic N) is 5. The molecule has 0 atom stereocenters. The fraction of sp³-hybridized carbons (Fsp3) is 0. The molecule has 0 aliphatic heterocycles. The van der Waals surface area contributed by atoms with Crippen LogP contribution in [-0.4, -0.2) is 24.1 Å². The molecule has 13 aromatic rings. The molecule has 274 valence electrons. The second kappa shape index (κ2) is 12.2. The summed E-state index contributed by atoms with van der Waals surface area (Å²) in [6.45, 7) is 0. The van der Waals surface area contributed by atoms with Gasteiger partial charge in [-0.3, -0.25) is 4.57 Å². The van der Waals surface area contributed by atoms with Gasteiger partial charge in [-0.15, -0.1) is 0 Å². The van der Waals surface area contributed by atoms with E-state index in [0.717, 1.165) is 71.6 Å². The van der Waals surface area contributed by atoms with Gasteiger partial charge < -0.3 is 8.98 Å². The molecule has 4 aromatic heterocycles. The lowest BCUT2D eigenvalue weighted by molar-refractivity contribution is 0.669. The molecule has 0 aliphatic rings. The molecule has 0 aliphatic carbocycles. The lowest BCUT2D eigenvalue weighted by Gasteiger charge is -2.17. The van der Waals surface area contributed by atoms with Crippen molar-refractivity contribution >= 4 is 87.1 Å². The minimum absolute atomic E-state index is 0.550. The summed E-state index contributed by atoms with van der Waals surface area (Å²) in [5.74, 6) is 1.71. The zero-order valence-electron chi connectivity index (χ0n) is 31.5. The summed E-state index contributed by atoms with van der Waals surface area (Å²) in [7, 11) is 0. The van der Waals surface area contributed by atoms with Crippen molar-refractivity contribution in [2.24, 2.45) is 0 Å². The quantitative estimate of drug-likeness (QED) is 0.180. The van der Waals surface area contributed by atoms with Crippen molar-refractivity contribution in [3.63, 3.8) is 0 Å². The van der Waals surface area contributed by atoms with Crippen LogP contribution in [0.15, 0.2) is 192 Å². The molecule has 0 N–H and O–H groups in total. The summed E-state index contributed by atoms with van der Waals surface area (Å²) < 4.78 is 11.2. The Labute approximate surface area is 336 Å². The van der Waals surface area contributed by atoms with Gasteiger partial charge in [0, 0.05) is 38.1 Å². The van der Waals surface area contributed by atoms with Crippen molar-refractivity contribution in [3.05, 3.63) is 188 Å². The molecule has 0 saturated carbocycles. The van der Waals surface area contributed by atoms with Crippen LogP contribution in [-0.2, 0) is 0 Å². The Hall–Kier alpha value is -8.09. The molecule has 0 bridgehead atoms. The molecule has 0 unspecified atom stereocenters. The summed E-state index contributed by atoms with van der Waals surface area (Å²) >= 11 is 0. The van der Waals surface area contributed by atoms with Gasteiger partial charge in [0.15, 0.2) is 11.6 Å². The third kappa shape index (κ3) is 4.71. The molecular formula is C53H31N5O. The molecule has 9 aromatic carbocycles. The number of benzene rings is 9. The molecule has 0 fully saturated rings. The number of fused-ring (bicyclic) bond motifs is 11. The average molecular weight is 754 g/mol. The Bertz CT molecular complexity index is 3710. The predicted octanol–water partition coefficient (Wildman–Crippen LogP) is 13.6. The monoisotopic (exact) mass is 753 g/mol.